The Morgan fingerprint density at radius 1 is 1.23 bits per heavy atom. The molecule has 9 heteroatoms. The fourth-order valence-corrected chi connectivity index (χ4v) is 2.36. The molecule has 0 aromatic heterocycles. The number of guanidine groups is 1. The van der Waals surface area contributed by atoms with Gasteiger partial charge in [0.15, 0.2) is 5.96 Å². The number of nitrogens with one attached hydrogen (secondary N) is 3. The Labute approximate surface area is 182 Å². The molecule has 0 radical (unpaired) electrons. The second kappa shape index (κ2) is 12.5. The first-order chi connectivity index (χ1) is 11.7. The highest BCUT2D eigenvalue weighted by molar-refractivity contribution is 14.0. The monoisotopic (exact) mass is 516 g/mol. The Morgan fingerprint density at radius 3 is 2.50 bits per heavy atom. The number of nitrogens with zero attached hydrogens (tertiary/aromatic N) is 1. The van der Waals surface area contributed by atoms with Gasteiger partial charge in [-0.1, -0.05) is 23.2 Å². The minimum atomic E-state index is -0.254. The van der Waals surface area contributed by atoms with E-state index in [0.717, 1.165) is 6.42 Å². The van der Waals surface area contributed by atoms with Gasteiger partial charge in [0.1, 0.15) is 5.75 Å². The van der Waals surface area contributed by atoms with E-state index >= 15 is 0 Å². The standard InChI is InChI=1S/C17H26Cl2N4O2.HI/c1-17(2,3)23-15(24)11-22-16(20-4)21-8-5-9-25-14-7-6-12(18)10-13(14)19;/h6-7,10H,5,8-9,11H2,1-4H3,(H,23,24)(H2,20,21,22);1H. The van der Waals surface area contributed by atoms with Gasteiger partial charge in [-0.3, -0.25) is 9.79 Å². The van der Waals surface area contributed by atoms with E-state index < -0.39 is 0 Å². The van der Waals surface area contributed by atoms with Crippen LogP contribution in [0.4, 0.5) is 0 Å². The van der Waals surface area contributed by atoms with Gasteiger partial charge in [0, 0.05) is 24.2 Å². The maximum absolute atomic E-state index is 11.8. The van der Waals surface area contributed by atoms with Crippen molar-refractivity contribution in [3.05, 3.63) is 28.2 Å². The summed E-state index contributed by atoms with van der Waals surface area (Å²) in [5, 5.41) is 10.0. The summed E-state index contributed by atoms with van der Waals surface area (Å²) in [4.78, 5) is 15.8. The molecule has 3 N–H and O–H groups in total. The zero-order valence-corrected chi connectivity index (χ0v) is 19.3. The molecule has 0 fully saturated rings. The van der Waals surface area contributed by atoms with Crippen molar-refractivity contribution in [2.75, 3.05) is 26.7 Å². The number of benzene rings is 1. The molecule has 0 spiro atoms. The highest BCUT2D eigenvalue weighted by Gasteiger charge is 2.13. The summed E-state index contributed by atoms with van der Waals surface area (Å²) in [5.74, 6) is 1.08. The normalized spacial score (nSPS) is 11.4. The number of carbonyl (C=O) groups excluding carboxylic acids is 1. The first-order valence-electron chi connectivity index (χ1n) is 8.04. The van der Waals surface area contributed by atoms with Crippen molar-refractivity contribution in [3.8, 4) is 5.75 Å². The topological polar surface area (TPSA) is 74.8 Å². The van der Waals surface area contributed by atoms with Crippen LogP contribution in [0.15, 0.2) is 23.2 Å². The first-order valence-corrected chi connectivity index (χ1v) is 8.80. The fraction of sp³-hybridized carbons (Fsp3) is 0.529. The van der Waals surface area contributed by atoms with E-state index in [4.69, 9.17) is 27.9 Å². The molecule has 0 atom stereocenters. The molecule has 0 saturated carbocycles. The Morgan fingerprint density at radius 2 is 1.92 bits per heavy atom. The Kier molecular flexibility index (Phi) is 12.0. The predicted molar refractivity (Wildman–Crippen MR) is 119 cm³/mol. The van der Waals surface area contributed by atoms with Crippen LogP contribution < -0.4 is 20.7 Å². The number of hydrogen-bond acceptors (Lipinski definition) is 3. The minimum absolute atomic E-state index is 0. The third-order valence-electron chi connectivity index (χ3n) is 2.92. The smallest absolute Gasteiger partial charge is 0.239 e. The van der Waals surface area contributed by atoms with E-state index in [9.17, 15) is 4.79 Å². The van der Waals surface area contributed by atoms with Gasteiger partial charge >= 0.3 is 0 Å². The predicted octanol–water partition coefficient (Wildman–Crippen LogP) is 3.46. The molecular formula is C17H27Cl2IN4O2. The molecule has 0 unspecified atom stereocenters. The molecule has 1 rings (SSSR count). The number of carbonyl (C=O) groups is 1. The first kappa shape index (κ1) is 25.1. The highest BCUT2D eigenvalue weighted by Crippen LogP contribution is 2.27. The van der Waals surface area contributed by atoms with Crippen molar-refractivity contribution in [2.45, 2.75) is 32.7 Å². The van der Waals surface area contributed by atoms with Crippen LogP contribution in [0, 0.1) is 0 Å². The summed E-state index contributed by atoms with van der Waals surface area (Å²) >= 11 is 11.9. The lowest BCUT2D eigenvalue weighted by atomic mass is 10.1. The summed E-state index contributed by atoms with van der Waals surface area (Å²) in [6, 6.07) is 5.12. The number of hydrogen-bond donors (Lipinski definition) is 3. The number of amides is 1. The molecule has 0 bridgehead atoms. The largest absolute Gasteiger partial charge is 0.492 e. The second-order valence-corrected chi connectivity index (χ2v) is 7.27. The average molecular weight is 517 g/mol. The van der Waals surface area contributed by atoms with Gasteiger partial charge in [0.05, 0.1) is 18.2 Å². The Hall–Kier alpha value is -0.930. The van der Waals surface area contributed by atoms with Crippen LogP contribution in [0.2, 0.25) is 10.0 Å². The molecule has 0 aliphatic heterocycles. The summed E-state index contributed by atoms with van der Waals surface area (Å²) < 4.78 is 5.61. The number of aliphatic imine (C=N–C) groups is 1. The van der Waals surface area contributed by atoms with Crippen LogP contribution >= 0.6 is 47.2 Å². The van der Waals surface area contributed by atoms with Gasteiger partial charge in [-0.25, -0.2) is 0 Å². The molecule has 148 valence electrons. The Balaban J connectivity index is 0.00000625. The molecule has 0 aliphatic rings. The highest BCUT2D eigenvalue weighted by atomic mass is 127. The van der Waals surface area contributed by atoms with Crippen molar-refractivity contribution >= 4 is 59.0 Å². The number of halogens is 3. The molecule has 1 aromatic carbocycles. The lowest BCUT2D eigenvalue weighted by Gasteiger charge is -2.21. The molecule has 0 heterocycles. The molecular weight excluding hydrogens is 490 g/mol. The maximum Gasteiger partial charge on any atom is 0.239 e. The quantitative estimate of drug-likeness (QED) is 0.224. The van der Waals surface area contributed by atoms with Gasteiger partial charge in [0.25, 0.3) is 0 Å². The fourth-order valence-electron chi connectivity index (χ4n) is 1.90. The zero-order chi connectivity index (χ0) is 18.9. The molecule has 26 heavy (non-hydrogen) atoms. The summed E-state index contributed by atoms with van der Waals surface area (Å²) in [5.41, 5.74) is -0.254. The van der Waals surface area contributed by atoms with Crippen molar-refractivity contribution in [1.29, 1.82) is 0 Å². The van der Waals surface area contributed by atoms with Crippen molar-refractivity contribution < 1.29 is 9.53 Å². The van der Waals surface area contributed by atoms with E-state index in [2.05, 4.69) is 20.9 Å². The van der Waals surface area contributed by atoms with Gasteiger partial charge in [-0.2, -0.15) is 0 Å². The van der Waals surface area contributed by atoms with E-state index in [0.29, 0.717) is 34.9 Å². The van der Waals surface area contributed by atoms with Gasteiger partial charge in [-0.15, -0.1) is 24.0 Å². The molecule has 6 nitrogen and oxygen atoms in total. The lowest BCUT2D eigenvalue weighted by Crippen LogP contribution is -2.48. The van der Waals surface area contributed by atoms with Crippen molar-refractivity contribution in [1.82, 2.24) is 16.0 Å². The van der Waals surface area contributed by atoms with Crippen molar-refractivity contribution in [2.24, 2.45) is 4.99 Å². The van der Waals surface area contributed by atoms with Crippen LogP contribution in [0.25, 0.3) is 0 Å². The van der Waals surface area contributed by atoms with Crippen LogP contribution in [0.3, 0.4) is 0 Å². The van der Waals surface area contributed by atoms with Gasteiger partial charge in [-0.05, 0) is 45.4 Å². The molecule has 1 amide bonds. The molecule has 0 aliphatic carbocycles. The second-order valence-electron chi connectivity index (χ2n) is 6.43. The van der Waals surface area contributed by atoms with Crippen LogP contribution in [0.5, 0.6) is 5.75 Å². The average Bonchev–Trinajstić information content (AvgIpc) is 2.50. The SMILES string of the molecule is CN=C(NCCCOc1ccc(Cl)cc1Cl)NCC(=O)NC(C)(C)C.I. The van der Waals surface area contributed by atoms with E-state index in [-0.39, 0.29) is 42.0 Å². The van der Waals surface area contributed by atoms with E-state index in [1.807, 2.05) is 20.8 Å². The van der Waals surface area contributed by atoms with Crippen LogP contribution in [-0.4, -0.2) is 44.1 Å². The third-order valence-corrected chi connectivity index (χ3v) is 3.45. The van der Waals surface area contributed by atoms with E-state index in [1.165, 1.54) is 0 Å². The third kappa shape index (κ3) is 10.9. The minimum Gasteiger partial charge on any atom is -0.492 e. The lowest BCUT2D eigenvalue weighted by molar-refractivity contribution is -0.121. The Bertz CT molecular complexity index is 607. The van der Waals surface area contributed by atoms with Crippen LogP contribution in [0.1, 0.15) is 27.2 Å². The van der Waals surface area contributed by atoms with Gasteiger partial charge < -0.3 is 20.7 Å². The number of ether oxygens (including phenoxy) is 1. The van der Waals surface area contributed by atoms with Crippen molar-refractivity contribution in [3.63, 3.8) is 0 Å². The summed E-state index contributed by atoms with van der Waals surface area (Å²) in [6.45, 7) is 7.11. The summed E-state index contributed by atoms with van der Waals surface area (Å²) in [6.07, 6.45) is 0.744. The van der Waals surface area contributed by atoms with Crippen LogP contribution in [-0.2, 0) is 4.79 Å². The maximum atomic E-state index is 11.8. The zero-order valence-electron chi connectivity index (χ0n) is 15.5. The van der Waals surface area contributed by atoms with E-state index in [1.54, 1.807) is 25.2 Å². The molecule has 0 saturated heterocycles. The summed E-state index contributed by atoms with van der Waals surface area (Å²) in [7, 11) is 1.65. The molecule has 1 aromatic rings. The van der Waals surface area contributed by atoms with Gasteiger partial charge in [0.2, 0.25) is 5.91 Å². The number of rotatable bonds is 7.